The van der Waals surface area contributed by atoms with E-state index in [1.807, 2.05) is 105 Å². The first-order chi connectivity index (χ1) is 16.0. The van der Waals surface area contributed by atoms with Crippen molar-refractivity contribution in [3.8, 4) is 5.75 Å². The highest BCUT2D eigenvalue weighted by molar-refractivity contribution is 5.81. The molecule has 5 nitrogen and oxygen atoms in total. The zero-order valence-corrected chi connectivity index (χ0v) is 19.6. The summed E-state index contributed by atoms with van der Waals surface area (Å²) in [4.78, 5) is 15.0. The Morgan fingerprint density at radius 1 is 0.879 bits per heavy atom. The number of nitrogens with zero attached hydrogens (tertiary/aromatic N) is 1. The number of ether oxygens (including phenoxy) is 2. The summed E-state index contributed by atoms with van der Waals surface area (Å²) in [6.45, 7) is 4.66. The maximum atomic E-state index is 13.1. The van der Waals surface area contributed by atoms with E-state index in [1.165, 1.54) is 0 Å². The van der Waals surface area contributed by atoms with E-state index >= 15 is 0 Å². The molecule has 3 aromatic carbocycles. The smallest absolute Gasteiger partial charge is 0.329 e. The molecule has 33 heavy (non-hydrogen) atoms. The van der Waals surface area contributed by atoms with Crippen molar-refractivity contribution >= 4 is 11.7 Å². The summed E-state index contributed by atoms with van der Waals surface area (Å²) in [6, 6.07) is 24.9. The molecular weight excluding hydrogens is 414 g/mol. The summed E-state index contributed by atoms with van der Waals surface area (Å²) in [5.41, 5.74) is 3.74. The molecule has 0 saturated heterocycles. The minimum atomic E-state index is -0.476. The molecule has 1 N–H and O–H groups in total. The maximum Gasteiger partial charge on any atom is 0.329 e. The predicted octanol–water partition coefficient (Wildman–Crippen LogP) is 5.00. The third kappa shape index (κ3) is 6.59. The fraction of sp³-hybridized carbons (Fsp3) is 0.321. The van der Waals surface area contributed by atoms with Crippen LogP contribution in [-0.2, 0) is 29.2 Å². The molecule has 0 aromatic heterocycles. The predicted molar refractivity (Wildman–Crippen MR) is 131 cm³/mol. The van der Waals surface area contributed by atoms with Gasteiger partial charge in [-0.15, -0.1) is 0 Å². The molecule has 0 fully saturated rings. The van der Waals surface area contributed by atoms with E-state index in [2.05, 4.69) is 0 Å². The summed E-state index contributed by atoms with van der Waals surface area (Å²) < 4.78 is 11.8. The van der Waals surface area contributed by atoms with Gasteiger partial charge in [-0.1, -0.05) is 80.6 Å². The number of hydrogen-bond acceptors (Lipinski definition) is 5. The second kappa shape index (κ2) is 12.1. The van der Waals surface area contributed by atoms with Gasteiger partial charge in [-0.25, -0.2) is 4.79 Å². The monoisotopic (exact) mass is 447 g/mol. The molecule has 0 aliphatic rings. The Bertz CT molecular complexity index is 1000. The molecule has 0 aliphatic heterocycles. The van der Waals surface area contributed by atoms with E-state index in [4.69, 9.17) is 9.47 Å². The van der Waals surface area contributed by atoms with Crippen LogP contribution >= 0.6 is 0 Å². The van der Waals surface area contributed by atoms with Gasteiger partial charge in [0.1, 0.15) is 25.0 Å². The third-order valence-electron chi connectivity index (χ3n) is 5.60. The van der Waals surface area contributed by atoms with Gasteiger partial charge in [0, 0.05) is 31.3 Å². The van der Waals surface area contributed by atoms with Gasteiger partial charge in [0.15, 0.2) is 0 Å². The van der Waals surface area contributed by atoms with Crippen LogP contribution in [0.5, 0.6) is 5.75 Å². The summed E-state index contributed by atoms with van der Waals surface area (Å²) in [7, 11) is 1.89. The van der Waals surface area contributed by atoms with Crippen molar-refractivity contribution in [3.05, 3.63) is 95.6 Å². The number of hydrogen-bond donors (Lipinski definition) is 1. The minimum Gasteiger partial charge on any atom is -0.489 e. The Labute approximate surface area is 196 Å². The highest BCUT2D eigenvalue weighted by Crippen LogP contribution is 2.32. The lowest BCUT2D eigenvalue weighted by atomic mass is 10.00. The number of carbonyl (C=O) groups excluding carboxylic acids is 1. The van der Waals surface area contributed by atoms with Gasteiger partial charge in [-0.05, 0) is 29.2 Å². The molecule has 0 unspecified atom stereocenters. The first-order valence-electron chi connectivity index (χ1n) is 11.3. The number of aliphatic hydroxyl groups is 1. The molecule has 3 aromatic rings. The van der Waals surface area contributed by atoms with Crippen molar-refractivity contribution in [1.29, 1.82) is 0 Å². The molecule has 3 rings (SSSR count). The lowest BCUT2D eigenvalue weighted by Gasteiger charge is -2.33. The molecule has 174 valence electrons. The number of aliphatic hydroxyl groups excluding tert-OH is 1. The Balaban J connectivity index is 1.81. The van der Waals surface area contributed by atoms with Crippen LogP contribution in [0.25, 0.3) is 0 Å². The molecule has 5 heteroatoms. The number of benzene rings is 3. The summed E-state index contributed by atoms with van der Waals surface area (Å²) in [6.07, 6.45) is 0.425. The standard InChI is InChI=1S/C28H33NO4/c1-21(2)27(28(31)33-20-23-13-8-5-9-14-23)29(3)25-15-10-16-26(24(25)17-18-30)32-19-22-11-6-4-7-12-22/h4-16,21,27,30H,17-20H2,1-3H3/t27-/m0/s1. The van der Waals surface area contributed by atoms with Crippen molar-refractivity contribution in [2.24, 2.45) is 5.92 Å². The zero-order valence-electron chi connectivity index (χ0n) is 19.6. The van der Waals surface area contributed by atoms with Gasteiger partial charge in [0.25, 0.3) is 0 Å². The van der Waals surface area contributed by atoms with Crippen LogP contribution in [0.4, 0.5) is 5.69 Å². The first-order valence-corrected chi connectivity index (χ1v) is 11.3. The highest BCUT2D eigenvalue weighted by Gasteiger charge is 2.30. The van der Waals surface area contributed by atoms with Crippen LogP contribution in [0.3, 0.4) is 0 Å². The quantitative estimate of drug-likeness (QED) is 0.419. The van der Waals surface area contributed by atoms with Crippen molar-refractivity contribution in [3.63, 3.8) is 0 Å². The molecule has 1 atom stereocenters. The highest BCUT2D eigenvalue weighted by atomic mass is 16.5. The summed E-state index contributed by atoms with van der Waals surface area (Å²) in [5, 5.41) is 9.74. The fourth-order valence-corrected chi connectivity index (χ4v) is 3.96. The van der Waals surface area contributed by atoms with Crippen LogP contribution in [0, 0.1) is 5.92 Å². The van der Waals surface area contributed by atoms with E-state index < -0.39 is 6.04 Å². The lowest BCUT2D eigenvalue weighted by Crippen LogP contribution is -2.44. The SMILES string of the molecule is CC(C)[C@@H](C(=O)OCc1ccccc1)N(C)c1cccc(OCc2ccccc2)c1CCO. The molecule has 0 bridgehead atoms. The Morgan fingerprint density at radius 3 is 2.06 bits per heavy atom. The summed E-state index contributed by atoms with van der Waals surface area (Å²) in [5.74, 6) is 0.452. The fourth-order valence-electron chi connectivity index (χ4n) is 3.96. The van der Waals surface area contributed by atoms with E-state index in [1.54, 1.807) is 0 Å². The van der Waals surface area contributed by atoms with E-state index in [-0.39, 0.29) is 25.1 Å². The average Bonchev–Trinajstić information content (AvgIpc) is 2.83. The molecule has 0 amide bonds. The Hall–Kier alpha value is -3.31. The van der Waals surface area contributed by atoms with Gasteiger partial charge >= 0.3 is 5.97 Å². The van der Waals surface area contributed by atoms with Crippen LogP contribution in [0.2, 0.25) is 0 Å². The third-order valence-corrected chi connectivity index (χ3v) is 5.60. The van der Waals surface area contributed by atoms with E-state index in [9.17, 15) is 9.90 Å². The second-order valence-corrected chi connectivity index (χ2v) is 8.39. The van der Waals surface area contributed by atoms with Crippen molar-refractivity contribution in [2.75, 3.05) is 18.6 Å². The van der Waals surface area contributed by atoms with Gasteiger partial charge in [-0.2, -0.15) is 0 Å². The average molecular weight is 448 g/mol. The largest absolute Gasteiger partial charge is 0.489 e. The molecule has 0 saturated carbocycles. The Morgan fingerprint density at radius 2 is 1.48 bits per heavy atom. The second-order valence-electron chi connectivity index (χ2n) is 8.39. The maximum absolute atomic E-state index is 13.1. The molecule has 0 spiro atoms. The van der Waals surface area contributed by atoms with Crippen LogP contribution in [-0.4, -0.2) is 30.8 Å². The Kier molecular flexibility index (Phi) is 8.90. The van der Waals surface area contributed by atoms with E-state index in [0.717, 1.165) is 22.4 Å². The first kappa shape index (κ1) is 24.3. The number of anilines is 1. The van der Waals surface area contributed by atoms with Crippen LogP contribution < -0.4 is 9.64 Å². The zero-order chi connectivity index (χ0) is 23.6. The number of esters is 1. The molecular formula is C28H33NO4. The number of carbonyl (C=O) groups is 1. The van der Waals surface area contributed by atoms with E-state index in [0.29, 0.717) is 18.8 Å². The number of rotatable bonds is 11. The van der Waals surface area contributed by atoms with Crippen molar-refractivity contribution < 1.29 is 19.4 Å². The molecule has 0 heterocycles. The van der Waals surface area contributed by atoms with Gasteiger partial charge in [-0.3, -0.25) is 0 Å². The molecule has 0 aliphatic carbocycles. The van der Waals surface area contributed by atoms with Gasteiger partial charge in [0.05, 0.1) is 0 Å². The number of likely N-dealkylation sites (N-methyl/N-ethyl adjacent to an activating group) is 1. The minimum absolute atomic E-state index is 0.0165. The summed E-state index contributed by atoms with van der Waals surface area (Å²) >= 11 is 0. The van der Waals surface area contributed by atoms with Gasteiger partial charge in [0.2, 0.25) is 0 Å². The topological polar surface area (TPSA) is 59.0 Å². The van der Waals surface area contributed by atoms with Crippen LogP contribution in [0.15, 0.2) is 78.9 Å². The van der Waals surface area contributed by atoms with Crippen molar-refractivity contribution in [2.45, 2.75) is 39.5 Å². The van der Waals surface area contributed by atoms with Crippen LogP contribution in [0.1, 0.15) is 30.5 Å². The lowest BCUT2D eigenvalue weighted by molar-refractivity contribution is -0.147. The molecule has 0 radical (unpaired) electrons. The normalized spacial score (nSPS) is 11.8. The van der Waals surface area contributed by atoms with Gasteiger partial charge < -0.3 is 19.5 Å². The van der Waals surface area contributed by atoms with Crippen molar-refractivity contribution in [1.82, 2.24) is 0 Å².